The molecule has 3 aromatic rings. The Hall–Kier alpha value is -2.79. The summed E-state index contributed by atoms with van der Waals surface area (Å²) in [6.45, 7) is 0. The van der Waals surface area contributed by atoms with E-state index >= 15 is 0 Å². The van der Waals surface area contributed by atoms with E-state index in [1.54, 1.807) is 29.8 Å². The number of carbonyl (C=O) groups is 2. The number of halogens is 1. The van der Waals surface area contributed by atoms with Crippen molar-refractivity contribution < 1.29 is 14.7 Å². The largest absolute Gasteiger partial charge is 0.480 e. The van der Waals surface area contributed by atoms with Crippen LogP contribution in [0.15, 0.2) is 54.6 Å². The molecule has 2 aromatic carbocycles. The third kappa shape index (κ3) is 3.67. The van der Waals surface area contributed by atoms with Crippen molar-refractivity contribution >= 4 is 34.4 Å². The van der Waals surface area contributed by atoms with Crippen LogP contribution in [0.4, 0.5) is 0 Å². The molecular formula is C19H17ClN2O3. The van der Waals surface area contributed by atoms with Gasteiger partial charge in [-0.3, -0.25) is 4.79 Å². The summed E-state index contributed by atoms with van der Waals surface area (Å²) in [7, 11) is 1.76. The predicted molar refractivity (Wildman–Crippen MR) is 97.0 cm³/mol. The second-order valence-electron chi connectivity index (χ2n) is 5.85. The number of carbonyl (C=O) groups excluding carboxylic acids is 1. The monoisotopic (exact) mass is 356 g/mol. The second-order valence-corrected chi connectivity index (χ2v) is 6.28. The second kappa shape index (κ2) is 6.99. The van der Waals surface area contributed by atoms with Crippen LogP contribution in [0.5, 0.6) is 0 Å². The first-order valence-electron chi connectivity index (χ1n) is 7.78. The van der Waals surface area contributed by atoms with Crippen LogP contribution in [0.3, 0.4) is 0 Å². The summed E-state index contributed by atoms with van der Waals surface area (Å²) < 4.78 is 1.72. The lowest BCUT2D eigenvalue weighted by atomic mass is 10.1. The van der Waals surface area contributed by atoms with Gasteiger partial charge in [0.05, 0.1) is 0 Å². The van der Waals surface area contributed by atoms with Crippen LogP contribution in [0.1, 0.15) is 16.1 Å². The molecule has 128 valence electrons. The Labute approximate surface area is 149 Å². The molecular weight excluding hydrogens is 340 g/mol. The highest BCUT2D eigenvalue weighted by Crippen LogP contribution is 2.22. The Morgan fingerprint density at radius 1 is 1.16 bits per heavy atom. The van der Waals surface area contributed by atoms with Gasteiger partial charge in [-0.25, -0.2) is 4.79 Å². The van der Waals surface area contributed by atoms with Gasteiger partial charge < -0.3 is 15.0 Å². The van der Waals surface area contributed by atoms with Crippen molar-refractivity contribution in [3.05, 3.63) is 70.9 Å². The summed E-state index contributed by atoms with van der Waals surface area (Å²) in [5.74, 6) is -1.50. The molecule has 0 radical (unpaired) electrons. The summed E-state index contributed by atoms with van der Waals surface area (Å²) in [4.78, 5) is 24.1. The number of hydrogen-bond acceptors (Lipinski definition) is 2. The van der Waals surface area contributed by atoms with E-state index in [9.17, 15) is 14.7 Å². The third-order valence-corrected chi connectivity index (χ3v) is 4.36. The number of aromatic nitrogens is 1. The third-order valence-electron chi connectivity index (χ3n) is 4.12. The van der Waals surface area contributed by atoms with Crippen LogP contribution < -0.4 is 5.32 Å². The maximum Gasteiger partial charge on any atom is 0.326 e. The average Bonchev–Trinajstić information content (AvgIpc) is 2.91. The van der Waals surface area contributed by atoms with E-state index in [-0.39, 0.29) is 6.42 Å². The number of aryl methyl sites for hydroxylation is 1. The Morgan fingerprint density at radius 3 is 2.56 bits per heavy atom. The van der Waals surface area contributed by atoms with E-state index in [2.05, 4.69) is 5.32 Å². The minimum absolute atomic E-state index is 0.220. The van der Waals surface area contributed by atoms with Crippen molar-refractivity contribution in [2.45, 2.75) is 12.5 Å². The summed E-state index contributed by atoms with van der Waals surface area (Å²) in [6, 6.07) is 15.3. The summed E-state index contributed by atoms with van der Waals surface area (Å²) in [6.07, 6.45) is 0.220. The molecule has 6 heteroatoms. The zero-order chi connectivity index (χ0) is 18.0. The van der Waals surface area contributed by atoms with Crippen molar-refractivity contribution in [3.8, 4) is 0 Å². The molecule has 1 atom stereocenters. The average molecular weight is 357 g/mol. The molecule has 0 saturated heterocycles. The number of carboxylic acids is 1. The fraction of sp³-hybridized carbons (Fsp3) is 0.158. The highest BCUT2D eigenvalue weighted by atomic mass is 35.5. The molecule has 0 saturated carbocycles. The van der Waals surface area contributed by atoms with Crippen molar-refractivity contribution in [2.24, 2.45) is 7.05 Å². The number of aliphatic carboxylic acids is 1. The van der Waals surface area contributed by atoms with Crippen molar-refractivity contribution in [2.75, 3.05) is 0 Å². The summed E-state index contributed by atoms with van der Waals surface area (Å²) in [5, 5.41) is 13.5. The molecule has 0 fully saturated rings. The lowest BCUT2D eigenvalue weighted by Crippen LogP contribution is -2.42. The number of nitrogens with zero attached hydrogens (tertiary/aromatic N) is 1. The van der Waals surface area contributed by atoms with Gasteiger partial charge in [0, 0.05) is 29.4 Å². The first-order chi connectivity index (χ1) is 12.0. The fourth-order valence-corrected chi connectivity index (χ4v) is 3.00. The molecule has 1 aromatic heterocycles. The van der Waals surface area contributed by atoms with Gasteiger partial charge in [0.1, 0.15) is 11.7 Å². The maximum atomic E-state index is 12.6. The van der Waals surface area contributed by atoms with Gasteiger partial charge in [-0.2, -0.15) is 0 Å². The predicted octanol–water partition coefficient (Wildman–Crippen LogP) is 3.26. The number of rotatable bonds is 5. The molecule has 0 aliphatic carbocycles. The van der Waals surface area contributed by atoms with Gasteiger partial charge in [0.25, 0.3) is 5.91 Å². The standard InChI is InChI=1S/C19H17ClN2O3/c1-22-16-8-7-14(20)10-13(16)11-17(22)18(23)21-15(19(24)25)9-12-5-3-2-4-6-12/h2-8,10-11,15H,9H2,1H3,(H,21,23)(H,24,25)/t15-/m0/s1. The number of carboxylic acid groups (broad SMARTS) is 1. The molecule has 2 N–H and O–H groups in total. The minimum Gasteiger partial charge on any atom is -0.480 e. The number of amides is 1. The van der Waals surface area contributed by atoms with Crippen LogP contribution in [-0.2, 0) is 18.3 Å². The SMILES string of the molecule is Cn1c(C(=O)N[C@@H](Cc2ccccc2)C(=O)O)cc2cc(Cl)ccc21. The number of nitrogens with one attached hydrogen (secondary N) is 1. The van der Waals surface area contributed by atoms with Crippen LogP contribution in [0.2, 0.25) is 5.02 Å². The van der Waals surface area contributed by atoms with Crippen LogP contribution in [0, 0.1) is 0 Å². The van der Waals surface area contributed by atoms with E-state index in [4.69, 9.17) is 11.6 Å². The number of hydrogen-bond donors (Lipinski definition) is 2. The Morgan fingerprint density at radius 2 is 1.88 bits per heavy atom. The lowest BCUT2D eigenvalue weighted by Gasteiger charge is -2.15. The number of benzene rings is 2. The lowest BCUT2D eigenvalue weighted by molar-refractivity contribution is -0.139. The molecule has 0 aliphatic rings. The molecule has 0 bridgehead atoms. The summed E-state index contributed by atoms with van der Waals surface area (Å²) >= 11 is 5.99. The van der Waals surface area contributed by atoms with Gasteiger partial charge in [-0.05, 0) is 29.8 Å². The van der Waals surface area contributed by atoms with Gasteiger partial charge in [0.2, 0.25) is 0 Å². The summed E-state index contributed by atoms with van der Waals surface area (Å²) in [5.41, 5.74) is 2.08. The van der Waals surface area contributed by atoms with E-state index in [1.807, 2.05) is 36.4 Å². The van der Waals surface area contributed by atoms with Crippen LogP contribution in [0.25, 0.3) is 10.9 Å². The van der Waals surface area contributed by atoms with Crippen molar-refractivity contribution in [1.29, 1.82) is 0 Å². The number of fused-ring (bicyclic) bond motifs is 1. The van der Waals surface area contributed by atoms with Crippen LogP contribution in [-0.4, -0.2) is 27.6 Å². The topological polar surface area (TPSA) is 71.3 Å². The van der Waals surface area contributed by atoms with Gasteiger partial charge in [-0.15, -0.1) is 0 Å². The minimum atomic E-state index is -1.07. The zero-order valence-electron chi connectivity index (χ0n) is 13.6. The zero-order valence-corrected chi connectivity index (χ0v) is 14.3. The fourth-order valence-electron chi connectivity index (χ4n) is 2.82. The highest BCUT2D eigenvalue weighted by Gasteiger charge is 2.23. The van der Waals surface area contributed by atoms with Gasteiger partial charge in [0.15, 0.2) is 0 Å². The molecule has 0 aliphatic heterocycles. The van der Waals surface area contributed by atoms with E-state index in [0.717, 1.165) is 16.5 Å². The van der Waals surface area contributed by atoms with Crippen molar-refractivity contribution in [3.63, 3.8) is 0 Å². The van der Waals surface area contributed by atoms with E-state index in [1.165, 1.54) is 0 Å². The molecule has 25 heavy (non-hydrogen) atoms. The normalized spacial score (nSPS) is 12.1. The van der Waals surface area contributed by atoms with E-state index in [0.29, 0.717) is 10.7 Å². The van der Waals surface area contributed by atoms with Gasteiger partial charge >= 0.3 is 5.97 Å². The molecule has 1 amide bonds. The first-order valence-corrected chi connectivity index (χ1v) is 8.16. The Balaban J connectivity index is 1.84. The molecule has 0 spiro atoms. The molecule has 5 nitrogen and oxygen atoms in total. The molecule has 1 heterocycles. The van der Waals surface area contributed by atoms with Gasteiger partial charge in [-0.1, -0.05) is 41.9 Å². The Bertz CT molecular complexity index is 934. The van der Waals surface area contributed by atoms with Crippen LogP contribution >= 0.6 is 11.6 Å². The van der Waals surface area contributed by atoms with Crippen molar-refractivity contribution in [1.82, 2.24) is 9.88 Å². The molecule has 0 unspecified atom stereocenters. The highest BCUT2D eigenvalue weighted by molar-refractivity contribution is 6.31. The molecule has 3 rings (SSSR count). The first kappa shape index (κ1) is 17.0. The van der Waals surface area contributed by atoms with E-state index < -0.39 is 17.9 Å². The smallest absolute Gasteiger partial charge is 0.326 e. The quantitative estimate of drug-likeness (QED) is 0.737. The maximum absolute atomic E-state index is 12.6. The Kier molecular flexibility index (Phi) is 4.76.